The first kappa shape index (κ1) is 16.6. The summed E-state index contributed by atoms with van der Waals surface area (Å²) in [6.45, 7) is 3.25. The first-order chi connectivity index (χ1) is 11.7. The van der Waals surface area contributed by atoms with Crippen molar-refractivity contribution in [2.45, 2.75) is 13.3 Å². The topological polar surface area (TPSA) is 45.6 Å². The van der Waals surface area contributed by atoms with Gasteiger partial charge in [0.15, 0.2) is 5.11 Å². The smallest absolute Gasteiger partial charge is 0.187 e. The number of methoxy groups -OCH3 is 1. The van der Waals surface area contributed by atoms with Gasteiger partial charge in [-0.15, -0.1) is 0 Å². The molecule has 0 saturated carbocycles. The lowest BCUT2D eigenvalue weighted by molar-refractivity contribution is 0.204. The van der Waals surface area contributed by atoms with Crippen molar-refractivity contribution in [3.63, 3.8) is 0 Å². The summed E-state index contributed by atoms with van der Waals surface area (Å²) < 4.78 is 4.97. The van der Waals surface area contributed by atoms with Crippen LogP contribution in [0.3, 0.4) is 0 Å². The highest BCUT2D eigenvalue weighted by atomic mass is 32.1. The summed E-state index contributed by atoms with van der Waals surface area (Å²) in [5.74, 6) is 0. The largest absolute Gasteiger partial charge is 0.383 e. The van der Waals surface area contributed by atoms with E-state index < -0.39 is 0 Å². The summed E-state index contributed by atoms with van der Waals surface area (Å²) in [5.41, 5.74) is 10.3. The van der Waals surface area contributed by atoms with E-state index in [1.165, 1.54) is 22.3 Å². The van der Waals surface area contributed by atoms with E-state index in [0.717, 1.165) is 17.7 Å². The van der Waals surface area contributed by atoms with Gasteiger partial charge in [-0.2, -0.15) is 5.10 Å². The number of hydrogen-bond donors (Lipinski definition) is 2. The number of hydrazone groups is 1. The fourth-order valence-electron chi connectivity index (χ4n) is 2.88. The molecule has 0 aliphatic heterocycles. The maximum absolute atomic E-state index is 5.18. The first-order valence-corrected chi connectivity index (χ1v) is 8.38. The molecule has 0 heterocycles. The van der Waals surface area contributed by atoms with Crippen molar-refractivity contribution < 1.29 is 4.74 Å². The van der Waals surface area contributed by atoms with Crippen molar-refractivity contribution in [3.8, 4) is 11.1 Å². The lowest BCUT2D eigenvalue weighted by Crippen LogP contribution is -2.34. The van der Waals surface area contributed by atoms with Gasteiger partial charge in [0.1, 0.15) is 0 Å². The van der Waals surface area contributed by atoms with E-state index in [0.29, 0.717) is 18.3 Å². The SMILES string of the molecule is COCCNC(=S)NN=C(C)c1ccc2c(c1)Cc1ccccc1-2. The molecule has 3 rings (SSSR count). The summed E-state index contributed by atoms with van der Waals surface area (Å²) in [4.78, 5) is 0. The van der Waals surface area contributed by atoms with Gasteiger partial charge in [-0.1, -0.05) is 36.4 Å². The predicted octanol–water partition coefficient (Wildman–Crippen LogP) is 3.09. The van der Waals surface area contributed by atoms with Crippen molar-refractivity contribution >= 4 is 23.0 Å². The van der Waals surface area contributed by atoms with Crippen LogP contribution in [0.15, 0.2) is 47.6 Å². The molecule has 0 aromatic heterocycles. The molecule has 124 valence electrons. The van der Waals surface area contributed by atoms with E-state index in [2.05, 4.69) is 58.3 Å². The van der Waals surface area contributed by atoms with Crippen LogP contribution in [0.1, 0.15) is 23.6 Å². The van der Waals surface area contributed by atoms with Gasteiger partial charge in [-0.3, -0.25) is 5.43 Å². The van der Waals surface area contributed by atoms with Crippen LogP contribution in [0.2, 0.25) is 0 Å². The number of benzene rings is 2. The number of rotatable bonds is 5. The maximum Gasteiger partial charge on any atom is 0.187 e. The average molecular weight is 339 g/mol. The van der Waals surface area contributed by atoms with Gasteiger partial charge in [-0.05, 0) is 59.4 Å². The van der Waals surface area contributed by atoms with Crippen LogP contribution < -0.4 is 10.7 Å². The molecule has 0 spiro atoms. The minimum atomic E-state index is 0.500. The zero-order valence-electron chi connectivity index (χ0n) is 13.9. The summed E-state index contributed by atoms with van der Waals surface area (Å²) in [5, 5.41) is 7.90. The average Bonchev–Trinajstić information content (AvgIpc) is 2.97. The van der Waals surface area contributed by atoms with E-state index >= 15 is 0 Å². The molecular formula is C19H21N3OS. The molecule has 2 aromatic rings. The predicted molar refractivity (Wildman–Crippen MR) is 103 cm³/mol. The van der Waals surface area contributed by atoms with Gasteiger partial charge in [0, 0.05) is 13.7 Å². The molecule has 2 N–H and O–H groups in total. The Bertz CT molecular complexity index is 786. The minimum absolute atomic E-state index is 0.500. The molecule has 24 heavy (non-hydrogen) atoms. The molecule has 0 bridgehead atoms. The second-order valence-electron chi connectivity index (χ2n) is 5.76. The van der Waals surface area contributed by atoms with Crippen LogP contribution in [-0.4, -0.2) is 31.1 Å². The number of hydrogen-bond acceptors (Lipinski definition) is 3. The quantitative estimate of drug-likeness (QED) is 0.324. The molecule has 0 unspecified atom stereocenters. The van der Waals surface area contributed by atoms with Gasteiger partial charge in [-0.25, -0.2) is 0 Å². The molecule has 0 fully saturated rings. The summed E-state index contributed by atoms with van der Waals surface area (Å²) in [6, 6.07) is 15.1. The van der Waals surface area contributed by atoms with Crippen molar-refractivity contribution in [3.05, 3.63) is 59.2 Å². The van der Waals surface area contributed by atoms with E-state index in [1.807, 2.05) is 6.92 Å². The molecule has 1 aliphatic carbocycles. The first-order valence-electron chi connectivity index (χ1n) is 7.97. The van der Waals surface area contributed by atoms with Crippen molar-refractivity contribution in [2.24, 2.45) is 5.10 Å². The van der Waals surface area contributed by atoms with E-state index in [-0.39, 0.29) is 0 Å². The Morgan fingerprint density at radius 2 is 1.96 bits per heavy atom. The Kier molecular flexibility index (Phi) is 5.23. The van der Waals surface area contributed by atoms with Crippen LogP contribution in [0, 0.1) is 0 Å². The highest BCUT2D eigenvalue weighted by Crippen LogP contribution is 2.36. The van der Waals surface area contributed by atoms with Crippen LogP contribution in [0.5, 0.6) is 0 Å². The Balaban J connectivity index is 1.69. The molecule has 0 atom stereocenters. The third-order valence-electron chi connectivity index (χ3n) is 4.13. The maximum atomic E-state index is 5.18. The Morgan fingerprint density at radius 3 is 2.79 bits per heavy atom. The molecular weight excluding hydrogens is 318 g/mol. The van der Waals surface area contributed by atoms with Crippen LogP contribution in [0.25, 0.3) is 11.1 Å². The zero-order valence-corrected chi connectivity index (χ0v) is 14.7. The van der Waals surface area contributed by atoms with Crippen molar-refractivity contribution in [2.75, 3.05) is 20.3 Å². The Hall–Kier alpha value is -2.24. The lowest BCUT2D eigenvalue weighted by atomic mass is 10.0. The Labute approximate surface area is 147 Å². The highest BCUT2D eigenvalue weighted by Gasteiger charge is 2.18. The van der Waals surface area contributed by atoms with Crippen LogP contribution >= 0.6 is 12.2 Å². The molecule has 0 saturated heterocycles. The van der Waals surface area contributed by atoms with Crippen molar-refractivity contribution in [1.82, 2.24) is 10.7 Å². The third-order valence-corrected chi connectivity index (χ3v) is 4.36. The zero-order chi connectivity index (χ0) is 16.9. The third kappa shape index (κ3) is 3.63. The fourth-order valence-corrected chi connectivity index (χ4v) is 3.02. The monoisotopic (exact) mass is 339 g/mol. The number of nitrogens with zero attached hydrogens (tertiary/aromatic N) is 1. The second kappa shape index (κ2) is 7.55. The normalized spacial score (nSPS) is 12.5. The fraction of sp³-hybridized carbons (Fsp3) is 0.263. The van der Waals surface area contributed by atoms with Crippen molar-refractivity contribution in [1.29, 1.82) is 0 Å². The van der Waals surface area contributed by atoms with E-state index in [4.69, 9.17) is 17.0 Å². The van der Waals surface area contributed by atoms with Gasteiger partial charge < -0.3 is 10.1 Å². The number of thiocarbonyl (C=S) groups is 1. The van der Waals surface area contributed by atoms with Gasteiger partial charge in [0.25, 0.3) is 0 Å². The summed E-state index contributed by atoms with van der Waals surface area (Å²) in [7, 11) is 1.66. The standard InChI is InChI=1S/C19H21N3OS/c1-13(21-22-19(24)20-9-10-23-2)14-7-8-18-16(11-14)12-15-5-3-4-6-17(15)18/h3-8,11H,9-10,12H2,1-2H3,(H2,20,22,24). The summed E-state index contributed by atoms with van der Waals surface area (Å²) in [6.07, 6.45) is 0.983. The number of ether oxygens (including phenoxy) is 1. The van der Waals surface area contributed by atoms with E-state index in [1.54, 1.807) is 7.11 Å². The molecule has 5 heteroatoms. The molecule has 0 amide bonds. The van der Waals surface area contributed by atoms with Crippen LogP contribution in [-0.2, 0) is 11.2 Å². The molecule has 4 nitrogen and oxygen atoms in total. The molecule has 0 radical (unpaired) electrons. The number of fused-ring (bicyclic) bond motifs is 3. The van der Waals surface area contributed by atoms with Gasteiger partial charge in [0.2, 0.25) is 0 Å². The Morgan fingerprint density at radius 1 is 1.17 bits per heavy atom. The molecule has 2 aromatic carbocycles. The second-order valence-corrected chi connectivity index (χ2v) is 6.17. The number of nitrogens with one attached hydrogen (secondary N) is 2. The summed E-state index contributed by atoms with van der Waals surface area (Å²) >= 11 is 5.18. The molecule has 1 aliphatic rings. The van der Waals surface area contributed by atoms with Gasteiger partial charge >= 0.3 is 0 Å². The van der Waals surface area contributed by atoms with Gasteiger partial charge in [0.05, 0.1) is 12.3 Å². The highest BCUT2D eigenvalue weighted by molar-refractivity contribution is 7.80. The van der Waals surface area contributed by atoms with Crippen LogP contribution in [0.4, 0.5) is 0 Å². The minimum Gasteiger partial charge on any atom is -0.383 e. The van der Waals surface area contributed by atoms with E-state index in [9.17, 15) is 0 Å². The lowest BCUT2D eigenvalue weighted by Gasteiger charge is -2.08.